The Balaban J connectivity index is 1.37. The molecular weight excluding hydrogens is 566 g/mol. The number of allylic oxidation sites excluding steroid dienone is 1. The quantitative estimate of drug-likeness (QED) is 0.0981. The highest BCUT2D eigenvalue weighted by Gasteiger charge is 2.57. The van der Waals surface area contributed by atoms with Crippen LogP contribution in [0.5, 0.6) is 0 Å². The monoisotopic (exact) mass is 609 g/mol. The minimum Gasteiger partial charge on any atom is -0.469 e. The SMILES string of the molecule is C=C1CCC2[C@](C)(CCC[C@]2(C)C(=O)OC)[C@H]1CCc1ccoc1/C=C(\NC(=O)c1ccccc1)C(=O)NNc1ccccc1. The van der Waals surface area contributed by atoms with Crippen LogP contribution in [0.1, 0.15) is 74.1 Å². The van der Waals surface area contributed by atoms with Crippen molar-refractivity contribution in [3.05, 3.63) is 108 Å². The van der Waals surface area contributed by atoms with Crippen molar-refractivity contribution in [1.82, 2.24) is 10.7 Å². The van der Waals surface area contributed by atoms with Crippen LogP contribution in [-0.2, 0) is 20.7 Å². The topological polar surface area (TPSA) is 110 Å². The summed E-state index contributed by atoms with van der Waals surface area (Å²) in [5.74, 6) is -0.107. The molecule has 4 atom stereocenters. The largest absolute Gasteiger partial charge is 0.469 e. The first-order valence-electron chi connectivity index (χ1n) is 15.7. The van der Waals surface area contributed by atoms with Gasteiger partial charge >= 0.3 is 5.97 Å². The first kappa shape index (κ1) is 31.8. The van der Waals surface area contributed by atoms with Gasteiger partial charge in [0.15, 0.2) is 0 Å². The van der Waals surface area contributed by atoms with Gasteiger partial charge in [-0.1, -0.05) is 61.9 Å². The van der Waals surface area contributed by atoms with Gasteiger partial charge in [0.2, 0.25) is 0 Å². The lowest BCUT2D eigenvalue weighted by Gasteiger charge is -2.57. The second-order valence-electron chi connectivity index (χ2n) is 12.7. The van der Waals surface area contributed by atoms with E-state index >= 15 is 0 Å². The second-order valence-corrected chi connectivity index (χ2v) is 12.7. The number of esters is 1. The first-order chi connectivity index (χ1) is 21.7. The molecule has 8 nitrogen and oxygen atoms in total. The van der Waals surface area contributed by atoms with Crippen molar-refractivity contribution in [2.24, 2.45) is 22.7 Å². The van der Waals surface area contributed by atoms with Crippen LogP contribution in [0.25, 0.3) is 6.08 Å². The van der Waals surface area contributed by atoms with E-state index in [1.165, 1.54) is 12.7 Å². The van der Waals surface area contributed by atoms with E-state index in [2.05, 4.69) is 36.6 Å². The third-order valence-electron chi connectivity index (χ3n) is 10.1. The maximum Gasteiger partial charge on any atom is 0.311 e. The molecule has 5 rings (SSSR count). The Hall–Kier alpha value is -4.59. The highest BCUT2D eigenvalue weighted by atomic mass is 16.5. The van der Waals surface area contributed by atoms with Crippen LogP contribution in [0, 0.1) is 22.7 Å². The lowest BCUT2D eigenvalue weighted by Crippen LogP contribution is -2.53. The van der Waals surface area contributed by atoms with Crippen LogP contribution in [-0.4, -0.2) is 24.9 Å². The molecule has 0 bridgehead atoms. The Labute approximate surface area is 265 Å². The van der Waals surface area contributed by atoms with E-state index in [1.54, 1.807) is 36.6 Å². The molecule has 8 heteroatoms. The van der Waals surface area contributed by atoms with Gasteiger partial charge in [-0.05, 0) is 98.6 Å². The predicted octanol–water partition coefficient (Wildman–Crippen LogP) is 7.08. The molecule has 2 amide bonds. The van der Waals surface area contributed by atoms with Crippen LogP contribution in [0.15, 0.2) is 95.3 Å². The van der Waals surface area contributed by atoms with Gasteiger partial charge in [0.1, 0.15) is 11.5 Å². The Bertz CT molecular complexity index is 1560. The Morgan fingerprint density at radius 1 is 1.02 bits per heavy atom. The van der Waals surface area contributed by atoms with Crippen LogP contribution in [0.3, 0.4) is 0 Å². The molecule has 1 aromatic heterocycles. The molecular formula is C37H43N3O5. The fourth-order valence-electron chi connectivity index (χ4n) is 7.73. The van der Waals surface area contributed by atoms with E-state index in [9.17, 15) is 14.4 Å². The number of anilines is 1. The highest BCUT2D eigenvalue weighted by molar-refractivity contribution is 6.05. The maximum atomic E-state index is 13.4. The summed E-state index contributed by atoms with van der Waals surface area (Å²) in [7, 11) is 1.49. The number of fused-ring (bicyclic) bond motifs is 1. The number of ether oxygens (including phenoxy) is 1. The number of carbonyl (C=O) groups excluding carboxylic acids is 3. The van der Waals surface area contributed by atoms with Crippen molar-refractivity contribution < 1.29 is 23.5 Å². The molecule has 2 saturated carbocycles. The first-order valence-corrected chi connectivity index (χ1v) is 15.7. The highest BCUT2D eigenvalue weighted by Crippen LogP contribution is 2.62. The average Bonchev–Trinajstić information content (AvgIpc) is 3.49. The molecule has 3 N–H and O–H groups in total. The van der Waals surface area contributed by atoms with Gasteiger partial charge < -0.3 is 14.5 Å². The summed E-state index contributed by atoms with van der Waals surface area (Å²) in [5.41, 5.74) is 8.30. The van der Waals surface area contributed by atoms with Gasteiger partial charge in [-0.3, -0.25) is 25.2 Å². The molecule has 2 aliphatic rings. The van der Waals surface area contributed by atoms with Crippen molar-refractivity contribution in [1.29, 1.82) is 0 Å². The summed E-state index contributed by atoms with van der Waals surface area (Å²) >= 11 is 0. The molecule has 2 aromatic carbocycles. The molecule has 2 fully saturated rings. The van der Waals surface area contributed by atoms with E-state index in [-0.39, 0.29) is 28.9 Å². The third kappa shape index (κ3) is 6.75. The number of amides is 2. The molecule has 3 aromatic rings. The minimum absolute atomic E-state index is 0.0405. The van der Waals surface area contributed by atoms with Crippen LogP contribution >= 0.6 is 0 Å². The number of carbonyl (C=O) groups is 3. The fourth-order valence-corrected chi connectivity index (χ4v) is 7.73. The molecule has 2 aliphatic carbocycles. The van der Waals surface area contributed by atoms with E-state index in [0.717, 1.165) is 44.1 Å². The van der Waals surface area contributed by atoms with E-state index < -0.39 is 17.2 Å². The smallest absolute Gasteiger partial charge is 0.311 e. The summed E-state index contributed by atoms with van der Waals surface area (Å²) in [6.45, 7) is 8.89. The van der Waals surface area contributed by atoms with Crippen LogP contribution < -0.4 is 16.2 Å². The molecule has 1 unspecified atom stereocenters. The zero-order valence-electron chi connectivity index (χ0n) is 26.4. The zero-order chi connectivity index (χ0) is 32.0. The number of furan rings is 1. The number of hydrogen-bond acceptors (Lipinski definition) is 6. The number of benzene rings is 2. The van der Waals surface area contributed by atoms with E-state index in [1.807, 2.05) is 42.5 Å². The summed E-state index contributed by atoms with van der Waals surface area (Å²) < 4.78 is 11.2. The summed E-state index contributed by atoms with van der Waals surface area (Å²) in [4.78, 5) is 39.4. The molecule has 0 aliphatic heterocycles. The second kappa shape index (κ2) is 13.6. The van der Waals surface area contributed by atoms with Crippen LogP contribution in [0.2, 0.25) is 0 Å². The summed E-state index contributed by atoms with van der Waals surface area (Å²) in [6.07, 6.45) is 9.38. The van der Waals surface area contributed by atoms with Gasteiger partial charge in [-0.2, -0.15) is 0 Å². The number of rotatable bonds is 10. The van der Waals surface area contributed by atoms with Gasteiger partial charge in [0.25, 0.3) is 11.8 Å². The number of nitrogens with one attached hydrogen (secondary N) is 3. The molecule has 45 heavy (non-hydrogen) atoms. The number of methoxy groups -OCH3 is 1. The van der Waals surface area contributed by atoms with Crippen molar-refractivity contribution in [2.75, 3.05) is 12.5 Å². The van der Waals surface area contributed by atoms with Crippen molar-refractivity contribution in [3.63, 3.8) is 0 Å². The Morgan fingerprint density at radius 3 is 2.44 bits per heavy atom. The number of hydrazine groups is 1. The minimum atomic E-state index is -0.522. The summed E-state index contributed by atoms with van der Waals surface area (Å²) in [5, 5.41) is 2.77. The van der Waals surface area contributed by atoms with Gasteiger partial charge in [0, 0.05) is 11.6 Å². The van der Waals surface area contributed by atoms with E-state index in [4.69, 9.17) is 9.15 Å². The van der Waals surface area contributed by atoms with E-state index in [0.29, 0.717) is 23.4 Å². The average molecular weight is 610 g/mol. The predicted molar refractivity (Wildman–Crippen MR) is 175 cm³/mol. The molecule has 0 spiro atoms. The molecule has 0 radical (unpaired) electrons. The lowest BCUT2D eigenvalue weighted by atomic mass is 9.46. The number of aryl methyl sites for hydroxylation is 1. The van der Waals surface area contributed by atoms with Crippen LogP contribution in [0.4, 0.5) is 5.69 Å². The zero-order valence-corrected chi connectivity index (χ0v) is 26.4. The third-order valence-corrected chi connectivity index (χ3v) is 10.1. The van der Waals surface area contributed by atoms with Gasteiger partial charge in [-0.15, -0.1) is 0 Å². The molecule has 236 valence electrons. The lowest BCUT2D eigenvalue weighted by molar-refractivity contribution is -0.168. The van der Waals surface area contributed by atoms with Gasteiger partial charge in [-0.25, -0.2) is 0 Å². The number of hydrogen-bond donors (Lipinski definition) is 3. The number of para-hydroxylation sites is 1. The summed E-state index contributed by atoms with van der Waals surface area (Å²) in [6, 6.07) is 19.9. The van der Waals surface area contributed by atoms with Gasteiger partial charge in [0.05, 0.1) is 24.5 Å². The standard InChI is InChI=1S/C37H43N3O5/c1-25-16-19-32-36(2,21-11-22-37(32,3)35(43)44-4)29(25)18-17-26-20-23-45-31(26)24-30(38-33(41)27-12-7-5-8-13-27)34(42)40-39-28-14-9-6-10-15-28/h5-10,12-15,20,23-24,29,32,39H,1,11,16-19,21-22H2,2-4H3,(H,38,41)(H,40,42)/b30-24-/t29-,32?,36+,37-/m0/s1. The fraction of sp³-hybridized carbons (Fsp3) is 0.378. The molecule has 0 saturated heterocycles. The Morgan fingerprint density at radius 2 is 1.73 bits per heavy atom. The maximum absolute atomic E-state index is 13.4. The van der Waals surface area contributed by atoms with Crippen molar-refractivity contribution >= 4 is 29.5 Å². The van der Waals surface area contributed by atoms with Crippen molar-refractivity contribution in [2.45, 2.75) is 58.8 Å². The normalized spacial score (nSPS) is 24.7. The molecule has 1 heterocycles. The Kier molecular flexibility index (Phi) is 9.61. The van der Waals surface area contributed by atoms with Crippen molar-refractivity contribution in [3.8, 4) is 0 Å².